The number of carboxylic acids is 1. The van der Waals surface area contributed by atoms with E-state index in [1.165, 1.54) is 0 Å². The van der Waals surface area contributed by atoms with Gasteiger partial charge in [-0.15, -0.1) is 0 Å². The number of rotatable bonds is 5. The first-order chi connectivity index (χ1) is 13.0. The molecular formula is C21H25N3O3. The molecule has 1 saturated carbocycles. The van der Waals surface area contributed by atoms with Crippen LogP contribution in [0.15, 0.2) is 48.7 Å². The molecule has 2 aromatic rings. The fourth-order valence-electron chi connectivity index (χ4n) is 3.57. The lowest BCUT2D eigenvalue weighted by atomic mass is 9.86. The molecule has 6 heteroatoms. The lowest BCUT2D eigenvalue weighted by molar-refractivity contribution is -0.142. The highest BCUT2D eigenvalue weighted by atomic mass is 16.4. The molecule has 1 heterocycles. The highest BCUT2D eigenvalue weighted by Crippen LogP contribution is 2.25. The van der Waals surface area contributed by atoms with Crippen molar-refractivity contribution in [3.63, 3.8) is 0 Å². The molecule has 0 aliphatic heterocycles. The molecule has 2 amide bonds. The lowest BCUT2D eigenvalue weighted by Gasteiger charge is -2.28. The zero-order chi connectivity index (χ0) is 19.2. The number of benzene rings is 1. The average Bonchev–Trinajstić information content (AvgIpc) is 2.67. The molecule has 0 bridgehead atoms. The summed E-state index contributed by atoms with van der Waals surface area (Å²) in [6, 6.07) is 13.0. The summed E-state index contributed by atoms with van der Waals surface area (Å²) in [6.07, 6.45) is 4.28. The number of nitrogens with zero attached hydrogens (tertiary/aromatic N) is 1. The molecule has 142 valence electrons. The van der Waals surface area contributed by atoms with Crippen molar-refractivity contribution < 1.29 is 14.7 Å². The number of carbonyl (C=O) groups is 2. The van der Waals surface area contributed by atoms with Crippen LogP contribution in [0.5, 0.6) is 0 Å². The molecule has 1 fully saturated rings. The summed E-state index contributed by atoms with van der Waals surface area (Å²) in [5, 5.41) is 15.1. The molecule has 1 aromatic carbocycles. The lowest BCUT2D eigenvalue weighted by Crippen LogP contribution is -2.45. The topological polar surface area (TPSA) is 91.3 Å². The minimum absolute atomic E-state index is 0.00231. The van der Waals surface area contributed by atoms with Crippen LogP contribution < -0.4 is 10.6 Å². The van der Waals surface area contributed by atoms with E-state index in [2.05, 4.69) is 15.6 Å². The Morgan fingerprint density at radius 3 is 2.52 bits per heavy atom. The Bertz CT molecular complexity index is 786. The summed E-state index contributed by atoms with van der Waals surface area (Å²) < 4.78 is 0. The number of aliphatic carboxylic acids is 1. The van der Waals surface area contributed by atoms with Crippen molar-refractivity contribution >= 4 is 12.0 Å². The SMILES string of the molecule is Cc1cccc(C(NC(=O)NC2CCC(C(=O)O)CC2)c2ccccn2)c1. The Balaban J connectivity index is 1.67. The van der Waals surface area contributed by atoms with E-state index in [1.54, 1.807) is 6.20 Å². The summed E-state index contributed by atoms with van der Waals surface area (Å²) in [4.78, 5) is 28.1. The Labute approximate surface area is 159 Å². The van der Waals surface area contributed by atoms with Crippen molar-refractivity contribution in [1.82, 2.24) is 15.6 Å². The normalized spacial score (nSPS) is 20.5. The summed E-state index contributed by atoms with van der Waals surface area (Å²) in [7, 11) is 0. The van der Waals surface area contributed by atoms with Crippen LogP contribution in [0.1, 0.15) is 48.5 Å². The number of aromatic nitrogens is 1. The van der Waals surface area contributed by atoms with Gasteiger partial charge in [-0.05, 0) is 50.3 Å². The van der Waals surface area contributed by atoms with Crippen molar-refractivity contribution in [2.24, 2.45) is 5.92 Å². The van der Waals surface area contributed by atoms with Crippen LogP contribution >= 0.6 is 0 Å². The van der Waals surface area contributed by atoms with E-state index in [0.29, 0.717) is 25.7 Å². The van der Waals surface area contributed by atoms with Gasteiger partial charge in [-0.1, -0.05) is 35.9 Å². The quantitative estimate of drug-likeness (QED) is 0.755. The Hall–Kier alpha value is -2.89. The van der Waals surface area contributed by atoms with E-state index < -0.39 is 5.97 Å². The fraction of sp³-hybridized carbons (Fsp3) is 0.381. The molecule has 3 N–H and O–H groups in total. The summed E-state index contributed by atoms with van der Waals surface area (Å²) >= 11 is 0. The molecule has 0 saturated heterocycles. The predicted octanol–water partition coefficient (Wildman–Crippen LogP) is 3.42. The van der Waals surface area contributed by atoms with Crippen LogP contribution in [0.2, 0.25) is 0 Å². The van der Waals surface area contributed by atoms with Gasteiger partial charge in [0.15, 0.2) is 0 Å². The number of pyridine rings is 1. The highest BCUT2D eigenvalue weighted by molar-refractivity contribution is 5.75. The third-order valence-electron chi connectivity index (χ3n) is 5.05. The number of nitrogens with one attached hydrogen (secondary N) is 2. The second-order valence-electron chi connectivity index (χ2n) is 7.11. The van der Waals surface area contributed by atoms with Crippen molar-refractivity contribution in [3.8, 4) is 0 Å². The Kier molecular flexibility index (Phi) is 6.06. The minimum Gasteiger partial charge on any atom is -0.481 e. The van der Waals surface area contributed by atoms with Crippen molar-refractivity contribution in [3.05, 3.63) is 65.5 Å². The number of carbonyl (C=O) groups excluding carboxylic acids is 1. The maximum Gasteiger partial charge on any atom is 0.315 e. The molecule has 0 radical (unpaired) electrons. The van der Waals surface area contributed by atoms with E-state index in [-0.39, 0.29) is 24.0 Å². The zero-order valence-electron chi connectivity index (χ0n) is 15.4. The standard InChI is InChI=1S/C21H25N3O3/c1-14-5-4-6-16(13-14)19(18-7-2-3-12-22-18)24-21(27)23-17-10-8-15(9-11-17)20(25)26/h2-7,12-13,15,17,19H,8-11H2,1H3,(H,25,26)(H2,23,24,27). The first-order valence-electron chi connectivity index (χ1n) is 9.30. The number of carboxylic acid groups (broad SMARTS) is 1. The number of aryl methyl sites for hydroxylation is 1. The van der Waals surface area contributed by atoms with Gasteiger partial charge in [0, 0.05) is 12.2 Å². The van der Waals surface area contributed by atoms with Crippen molar-refractivity contribution in [2.75, 3.05) is 0 Å². The van der Waals surface area contributed by atoms with Crippen molar-refractivity contribution in [2.45, 2.75) is 44.7 Å². The highest BCUT2D eigenvalue weighted by Gasteiger charge is 2.27. The molecule has 1 aliphatic carbocycles. The van der Waals surface area contributed by atoms with Crippen LogP contribution in [-0.2, 0) is 4.79 Å². The minimum atomic E-state index is -0.743. The smallest absolute Gasteiger partial charge is 0.315 e. The van der Waals surface area contributed by atoms with E-state index >= 15 is 0 Å². The Morgan fingerprint density at radius 1 is 1.11 bits per heavy atom. The number of amides is 2. The third kappa shape index (κ3) is 5.06. The van der Waals surface area contributed by atoms with Gasteiger partial charge in [0.2, 0.25) is 0 Å². The van der Waals surface area contributed by atoms with Crippen LogP contribution in [-0.4, -0.2) is 28.1 Å². The van der Waals surface area contributed by atoms with Gasteiger partial charge >= 0.3 is 12.0 Å². The van der Waals surface area contributed by atoms with Crippen LogP contribution in [0, 0.1) is 12.8 Å². The van der Waals surface area contributed by atoms with E-state index in [0.717, 1.165) is 16.8 Å². The maximum atomic E-state index is 12.6. The van der Waals surface area contributed by atoms with Gasteiger partial charge in [0.1, 0.15) is 0 Å². The van der Waals surface area contributed by atoms with Crippen LogP contribution in [0.4, 0.5) is 4.79 Å². The van der Waals surface area contributed by atoms with Gasteiger partial charge in [-0.3, -0.25) is 9.78 Å². The summed E-state index contributed by atoms with van der Waals surface area (Å²) in [5.74, 6) is -1.03. The summed E-state index contributed by atoms with van der Waals surface area (Å²) in [6.45, 7) is 2.01. The largest absolute Gasteiger partial charge is 0.481 e. The van der Waals surface area contributed by atoms with E-state index in [9.17, 15) is 9.59 Å². The third-order valence-corrected chi connectivity index (χ3v) is 5.05. The number of hydrogen-bond donors (Lipinski definition) is 3. The molecule has 27 heavy (non-hydrogen) atoms. The molecule has 0 spiro atoms. The molecule has 1 aromatic heterocycles. The molecule has 1 aliphatic rings. The molecule has 3 rings (SSSR count). The van der Waals surface area contributed by atoms with Crippen LogP contribution in [0.25, 0.3) is 0 Å². The van der Waals surface area contributed by atoms with Gasteiger partial charge in [-0.2, -0.15) is 0 Å². The average molecular weight is 367 g/mol. The second-order valence-corrected chi connectivity index (χ2v) is 7.11. The van der Waals surface area contributed by atoms with Gasteiger partial charge < -0.3 is 15.7 Å². The van der Waals surface area contributed by atoms with E-state index in [4.69, 9.17) is 5.11 Å². The first kappa shape index (κ1) is 18.9. The second kappa shape index (κ2) is 8.66. The summed E-state index contributed by atoms with van der Waals surface area (Å²) in [5.41, 5.74) is 2.86. The predicted molar refractivity (Wildman–Crippen MR) is 102 cm³/mol. The number of hydrogen-bond acceptors (Lipinski definition) is 3. The van der Waals surface area contributed by atoms with Gasteiger partial charge in [0.25, 0.3) is 0 Å². The first-order valence-corrected chi connectivity index (χ1v) is 9.30. The molecule has 6 nitrogen and oxygen atoms in total. The Morgan fingerprint density at radius 2 is 1.89 bits per heavy atom. The molecular weight excluding hydrogens is 342 g/mol. The maximum absolute atomic E-state index is 12.6. The number of urea groups is 1. The van der Waals surface area contributed by atoms with E-state index in [1.807, 2.05) is 49.4 Å². The fourth-order valence-corrected chi connectivity index (χ4v) is 3.57. The monoisotopic (exact) mass is 367 g/mol. The van der Waals surface area contributed by atoms with Gasteiger partial charge in [-0.25, -0.2) is 4.79 Å². The van der Waals surface area contributed by atoms with Crippen molar-refractivity contribution in [1.29, 1.82) is 0 Å². The zero-order valence-corrected chi connectivity index (χ0v) is 15.4. The molecule has 1 atom stereocenters. The van der Waals surface area contributed by atoms with Gasteiger partial charge in [0.05, 0.1) is 17.7 Å². The van der Waals surface area contributed by atoms with Crippen LogP contribution in [0.3, 0.4) is 0 Å². The molecule has 1 unspecified atom stereocenters.